The number of rotatable bonds is 7. The summed E-state index contributed by atoms with van der Waals surface area (Å²) in [7, 11) is 1.90. The zero-order chi connectivity index (χ0) is 13.5. The SMILES string of the molecule is CNc1ncnc(NCC(C)CSC)c1C(C)C. The Morgan fingerprint density at radius 3 is 2.44 bits per heavy atom. The van der Waals surface area contributed by atoms with Gasteiger partial charge in [0.15, 0.2) is 0 Å². The van der Waals surface area contributed by atoms with E-state index in [1.165, 1.54) is 0 Å². The first kappa shape index (κ1) is 15.1. The predicted octanol–water partition coefficient (Wildman–Crippen LogP) is 3.05. The van der Waals surface area contributed by atoms with Gasteiger partial charge in [0, 0.05) is 19.2 Å². The summed E-state index contributed by atoms with van der Waals surface area (Å²) in [6, 6.07) is 0. The lowest BCUT2D eigenvalue weighted by molar-refractivity contribution is 0.696. The molecule has 1 aromatic heterocycles. The van der Waals surface area contributed by atoms with Crippen molar-refractivity contribution in [3.63, 3.8) is 0 Å². The Balaban J connectivity index is 2.81. The van der Waals surface area contributed by atoms with Gasteiger partial charge in [-0.15, -0.1) is 0 Å². The maximum Gasteiger partial charge on any atom is 0.134 e. The van der Waals surface area contributed by atoms with Gasteiger partial charge in [-0.25, -0.2) is 9.97 Å². The average Bonchev–Trinajstić information content (AvgIpc) is 2.35. The highest BCUT2D eigenvalue weighted by Gasteiger charge is 2.14. The maximum atomic E-state index is 4.37. The van der Waals surface area contributed by atoms with Crippen molar-refractivity contribution in [2.45, 2.75) is 26.7 Å². The van der Waals surface area contributed by atoms with E-state index in [0.717, 1.165) is 29.5 Å². The molecule has 0 aliphatic rings. The summed E-state index contributed by atoms with van der Waals surface area (Å²) >= 11 is 1.88. The second-order valence-electron chi connectivity index (χ2n) is 4.83. The third-order valence-electron chi connectivity index (χ3n) is 2.77. The minimum atomic E-state index is 0.395. The molecule has 5 heteroatoms. The molecule has 1 unspecified atom stereocenters. The molecule has 1 heterocycles. The van der Waals surface area contributed by atoms with Crippen LogP contribution in [0.3, 0.4) is 0 Å². The number of hydrogen-bond donors (Lipinski definition) is 2. The minimum absolute atomic E-state index is 0.395. The van der Waals surface area contributed by atoms with Gasteiger partial charge in [0.05, 0.1) is 0 Å². The van der Waals surface area contributed by atoms with Gasteiger partial charge in [0.2, 0.25) is 0 Å². The lowest BCUT2D eigenvalue weighted by Gasteiger charge is -2.18. The molecule has 0 spiro atoms. The Bertz CT molecular complexity index is 368. The van der Waals surface area contributed by atoms with E-state index in [1.54, 1.807) is 6.33 Å². The molecule has 0 aliphatic heterocycles. The zero-order valence-corrected chi connectivity index (χ0v) is 12.8. The molecule has 1 atom stereocenters. The monoisotopic (exact) mass is 268 g/mol. The quantitative estimate of drug-likeness (QED) is 0.796. The summed E-state index contributed by atoms with van der Waals surface area (Å²) in [5.41, 5.74) is 1.16. The molecule has 0 amide bonds. The number of nitrogens with one attached hydrogen (secondary N) is 2. The largest absolute Gasteiger partial charge is 0.373 e. The van der Waals surface area contributed by atoms with E-state index in [-0.39, 0.29) is 0 Å². The number of hydrogen-bond acceptors (Lipinski definition) is 5. The summed E-state index contributed by atoms with van der Waals surface area (Å²) in [6.45, 7) is 7.52. The predicted molar refractivity (Wildman–Crippen MR) is 81.7 cm³/mol. The molecule has 0 saturated carbocycles. The van der Waals surface area contributed by atoms with Crippen molar-refractivity contribution in [3.05, 3.63) is 11.9 Å². The second kappa shape index (κ2) is 7.46. The smallest absolute Gasteiger partial charge is 0.134 e. The molecule has 1 aromatic rings. The molecule has 2 N–H and O–H groups in total. The van der Waals surface area contributed by atoms with Gasteiger partial charge < -0.3 is 10.6 Å². The normalized spacial score (nSPS) is 12.6. The van der Waals surface area contributed by atoms with Crippen molar-refractivity contribution < 1.29 is 0 Å². The molecule has 102 valence electrons. The molecule has 1 rings (SSSR count). The Morgan fingerprint density at radius 1 is 1.22 bits per heavy atom. The van der Waals surface area contributed by atoms with Crippen LogP contribution in [0.1, 0.15) is 32.3 Å². The van der Waals surface area contributed by atoms with E-state index in [4.69, 9.17) is 0 Å². The van der Waals surface area contributed by atoms with Crippen molar-refractivity contribution in [3.8, 4) is 0 Å². The van der Waals surface area contributed by atoms with Gasteiger partial charge in [-0.2, -0.15) is 11.8 Å². The molecular weight excluding hydrogens is 244 g/mol. The first-order valence-electron chi connectivity index (χ1n) is 6.35. The molecule has 0 radical (unpaired) electrons. The third kappa shape index (κ3) is 4.05. The van der Waals surface area contributed by atoms with Gasteiger partial charge in [-0.05, 0) is 23.8 Å². The lowest BCUT2D eigenvalue weighted by atomic mass is 10.0. The topological polar surface area (TPSA) is 49.8 Å². The molecule has 18 heavy (non-hydrogen) atoms. The first-order chi connectivity index (χ1) is 8.60. The minimum Gasteiger partial charge on any atom is -0.373 e. The molecule has 0 fully saturated rings. The van der Waals surface area contributed by atoms with Crippen LogP contribution in [-0.2, 0) is 0 Å². The first-order valence-corrected chi connectivity index (χ1v) is 7.75. The molecular formula is C13H24N4S. The van der Waals surface area contributed by atoms with Crippen LogP contribution in [0.15, 0.2) is 6.33 Å². The highest BCUT2D eigenvalue weighted by molar-refractivity contribution is 7.98. The van der Waals surface area contributed by atoms with E-state index in [1.807, 2.05) is 18.8 Å². The standard InChI is InChI=1S/C13H24N4S/c1-9(2)11-12(14-4)16-8-17-13(11)15-6-10(3)7-18-5/h8-10H,6-7H2,1-5H3,(H2,14,15,16,17). The number of nitrogens with zero attached hydrogens (tertiary/aromatic N) is 2. The fraction of sp³-hybridized carbons (Fsp3) is 0.692. The zero-order valence-electron chi connectivity index (χ0n) is 11.9. The van der Waals surface area contributed by atoms with Crippen LogP contribution < -0.4 is 10.6 Å². The van der Waals surface area contributed by atoms with Crippen LogP contribution in [0.4, 0.5) is 11.6 Å². The molecule has 0 aromatic carbocycles. The summed E-state index contributed by atoms with van der Waals surface area (Å²) in [4.78, 5) is 8.65. The van der Waals surface area contributed by atoms with Crippen LogP contribution in [0.25, 0.3) is 0 Å². The van der Waals surface area contributed by atoms with Gasteiger partial charge in [0.25, 0.3) is 0 Å². The van der Waals surface area contributed by atoms with E-state index >= 15 is 0 Å². The molecule has 0 aliphatic carbocycles. The molecule has 0 saturated heterocycles. The van der Waals surface area contributed by atoms with Crippen LogP contribution in [0.5, 0.6) is 0 Å². The van der Waals surface area contributed by atoms with Gasteiger partial charge in [-0.1, -0.05) is 20.8 Å². The Hall–Kier alpha value is -0.970. The summed E-state index contributed by atoms with van der Waals surface area (Å²) in [5, 5.41) is 6.58. The number of aromatic nitrogens is 2. The molecule has 4 nitrogen and oxygen atoms in total. The van der Waals surface area contributed by atoms with E-state index < -0.39 is 0 Å². The third-order valence-corrected chi connectivity index (χ3v) is 3.67. The van der Waals surface area contributed by atoms with Gasteiger partial charge >= 0.3 is 0 Å². The highest BCUT2D eigenvalue weighted by Crippen LogP contribution is 2.28. The second-order valence-corrected chi connectivity index (χ2v) is 5.74. The Labute approximate surface area is 114 Å². The van der Waals surface area contributed by atoms with E-state index in [9.17, 15) is 0 Å². The van der Waals surface area contributed by atoms with Crippen molar-refractivity contribution in [2.75, 3.05) is 36.2 Å². The number of anilines is 2. The van der Waals surface area contributed by atoms with Gasteiger partial charge in [0.1, 0.15) is 18.0 Å². The van der Waals surface area contributed by atoms with Crippen molar-refractivity contribution in [1.82, 2.24) is 9.97 Å². The van der Waals surface area contributed by atoms with Crippen molar-refractivity contribution >= 4 is 23.4 Å². The van der Waals surface area contributed by atoms with Crippen LogP contribution in [0, 0.1) is 5.92 Å². The van der Waals surface area contributed by atoms with Crippen LogP contribution in [-0.4, -0.2) is 35.6 Å². The van der Waals surface area contributed by atoms with Gasteiger partial charge in [-0.3, -0.25) is 0 Å². The molecule has 0 bridgehead atoms. The van der Waals surface area contributed by atoms with Crippen LogP contribution in [0.2, 0.25) is 0 Å². The summed E-state index contributed by atoms with van der Waals surface area (Å²) in [5.74, 6) is 4.06. The van der Waals surface area contributed by atoms with E-state index in [0.29, 0.717) is 11.8 Å². The van der Waals surface area contributed by atoms with Crippen LogP contribution >= 0.6 is 11.8 Å². The average molecular weight is 268 g/mol. The Kier molecular flexibility index (Phi) is 6.25. The number of thioether (sulfide) groups is 1. The van der Waals surface area contributed by atoms with Crippen molar-refractivity contribution in [1.29, 1.82) is 0 Å². The summed E-state index contributed by atoms with van der Waals surface area (Å²) in [6.07, 6.45) is 3.75. The summed E-state index contributed by atoms with van der Waals surface area (Å²) < 4.78 is 0. The Morgan fingerprint density at radius 2 is 1.89 bits per heavy atom. The maximum absolute atomic E-state index is 4.37. The van der Waals surface area contributed by atoms with Crippen molar-refractivity contribution in [2.24, 2.45) is 5.92 Å². The van der Waals surface area contributed by atoms with E-state index in [2.05, 4.69) is 47.6 Å². The lowest BCUT2D eigenvalue weighted by Crippen LogP contribution is -2.16. The highest BCUT2D eigenvalue weighted by atomic mass is 32.2. The fourth-order valence-corrected chi connectivity index (χ4v) is 2.58. The fourth-order valence-electron chi connectivity index (χ4n) is 1.90.